The van der Waals surface area contributed by atoms with Gasteiger partial charge in [-0.2, -0.15) is 0 Å². The minimum atomic E-state index is 1.02. The highest BCUT2D eigenvalue weighted by Crippen LogP contribution is 2.30. The highest BCUT2D eigenvalue weighted by Gasteiger charge is 2.15. The van der Waals surface area contributed by atoms with Crippen LogP contribution in [0.5, 0.6) is 0 Å². The smallest absolute Gasteiger partial charge is 0.141 e. The van der Waals surface area contributed by atoms with Gasteiger partial charge in [-0.25, -0.2) is 4.98 Å². The molecule has 0 spiro atoms. The van der Waals surface area contributed by atoms with Crippen molar-refractivity contribution in [2.45, 2.75) is 13.0 Å². The molecule has 1 aliphatic rings. The Hall–Kier alpha value is -2.43. The summed E-state index contributed by atoms with van der Waals surface area (Å²) in [6, 6.07) is 19.5. The third-order valence-electron chi connectivity index (χ3n) is 5.90. The van der Waals surface area contributed by atoms with Gasteiger partial charge in [-0.1, -0.05) is 36.4 Å². The van der Waals surface area contributed by atoms with E-state index >= 15 is 0 Å². The lowest BCUT2D eigenvalue weighted by atomic mass is 10.1. The van der Waals surface area contributed by atoms with Gasteiger partial charge in [0.05, 0.1) is 11.0 Å². The summed E-state index contributed by atoms with van der Waals surface area (Å²) in [4.78, 5) is 10.0. The van der Waals surface area contributed by atoms with Crippen LogP contribution in [0.2, 0.25) is 0 Å². The van der Waals surface area contributed by atoms with E-state index in [2.05, 4.69) is 76.0 Å². The van der Waals surface area contributed by atoms with Gasteiger partial charge in [0.15, 0.2) is 0 Å². The van der Waals surface area contributed by atoms with Crippen molar-refractivity contribution in [1.29, 1.82) is 0 Å². The number of fused-ring (bicyclic) bond motifs is 4. The third kappa shape index (κ3) is 3.09. The quantitative estimate of drug-likeness (QED) is 0.551. The molecule has 0 aliphatic carbocycles. The van der Waals surface area contributed by atoms with Gasteiger partial charge in [0.25, 0.3) is 0 Å². The summed E-state index contributed by atoms with van der Waals surface area (Å²) in [5, 5.41) is 3.79. The fraction of sp³-hybridized carbons (Fsp3) is 0.348. The minimum Gasteiger partial charge on any atom is -0.325 e. The molecule has 4 aromatic rings. The normalized spacial score (nSPS) is 16.6. The predicted molar refractivity (Wildman–Crippen MR) is 113 cm³/mol. The van der Waals surface area contributed by atoms with Crippen molar-refractivity contribution in [3.63, 3.8) is 0 Å². The number of likely N-dealkylation sites (N-methyl/N-ethyl adjacent to an activating group) is 1. The Labute approximate surface area is 160 Å². The topological polar surface area (TPSA) is 24.3 Å². The number of para-hydroxylation sites is 2. The Bertz CT molecular complexity index is 1090. The second-order valence-electron chi connectivity index (χ2n) is 7.72. The van der Waals surface area contributed by atoms with Crippen LogP contribution in [0.15, 0.2) is 54.6 Å². The zero-order valence-electron chi connectivity index (χ0n) is 15.9. The molecule has 138 valence electrons. The van der Waals surface area contributed by atoms with Gasteiger partial charge in [-0.05, 0) is 38.2 Å². The molecule has 1 saturated heterocycles. The molecule has 0 unspecified atom stereocenters. The van der Waals surface area contributed by atoms with Crippen LogP contribution in [0.25, 0.3) is 32.8 Å². The Kier molecular flexibility index (Phi) is 4.30. The molecule has 0 N–H and O–H groups in total. The molecular weight excluding hydrogens is 332 g/mol. The van der Waals surface area contributed by atoms with Crippen LogP contribution in [0.3, 0.4) is 0 Å². The average Bonchev–Trinajstić information content (AvgIpc) is 3.01. The number of benzene rings is 2. The number of rotatable bonds is 4. The largest absolute Gasteiger partial charge is 0.325 e. The van der Waals surface area contributed by atoms with Crippen LogP contribution in [-0.2, 0) is 6.54 Å². The van der Waals surface area contributed by atoms with Gasteiger partial charge in [-0.3, -0.25) is 0 Å². The number of aromatic nitrogens is 2. The second kappa shape index (κ2) is 6.95. The monoisotopic (exact) mass is 358 g/mol. The van der Waals surface area contributed by atoms with Crippen molar-refractivity contribution in [1.82, 2.24) is 19.4 Å². The first-order chi connectivity index (χ1) is 13.3. The first-order valence-corrected chi connectivity index (χ1v) is 9.97. The summed E-state index contributed by atoms with van der Waals surface area (Å²) in [5.41, 5.74) is 3.50. The fourth-order valence-electron chi connectivity index (χ4n) is 4.31. The van der Waals surface area contributed by atoms with Crippen LogP contribution >= 0.6 is 0 Å². The molecule has 2 aromatic carbocycles. The molecular formula is C23H26N4. The minimum absolute atomic E-state index is 1.02. The fourth-order valence-corrected chi connectivity index (χ4v) is 4.31. The maximum absolute atomic E-state index is 5.03. The van der Waals surface area contributed by atoms with E-state index in [-0.39, 0.29) is 0 Å². The standard InChI is InChI=1S/C23H26N4/c1-25-13-15-26(16-14-25)11-6-12-27-22-10-5-3-8-19(22)20-17-18-7-2-4-9-21(18)24-23(20)27/h2-5,7-10,17H,6,11-16H2,1H3. The van der Waals surface area contributed by atoms with Gasteiger partial charge in [0.2, 0.25) is 0 Å². The van der Waals surface area contributed by atoms with Gasteiger partial charge in [0.1, 0.15) is 5.65 Å². The lowest BCUT2D eigenvalue weighted by molar-refractivity contribution is 0.151. The molecule has 5 rings (SSSR count). The zero-order chi connectivity index (χ0) is 18.2. The summed E-state index contributed by atoms with van der Waals surface area (Å²) in [5.74, 6) is 0. The van der Waals surface area contributed by atoms with Crippen molar-refractivity contribution in [3.8, 4) is 0 Å². The maximum Gasteiger partial charge on any atom is 0.141 e. The molecule has 0 saturated carbocycles. The summed E-state index contributed by atoms with van der Waals surface area (Å²) in [6.07, 6.45) is 1.16. The molecule has 2 aromatic heterocycles. The molecule has 0 atom stereocenters. The molecule has 0 radical (unpaired) electrons. The van der Waals surface area contributed by atoms with Crippen molar-refractivity contribution in [2.75, 3.05) is 39.8 Å². The Morgan fingerprint density at radius 2 is 1.63 bits per heavy atom. The molecule has 3 heterocycles. The van der Waals surface area contributed by atoms with E-state index in [0.717, 1.165) is 30.7 Å². The van der Waals surface area contributed by atoms with Crippen LogP contribution in [-0.4, -0.2) is 59.1 Å². The van der Waals surface area contributed by atoms with E-state index in [1.165, 1.54) is 47.9 Å². The predicted octanol–water partition coefficient (Wildman–Crippen LogP) is 3.98. The van der Waals surface area contributed by atoms with Gasteiger partial charge >= 0.3 is 0 Å². The SMILES string of the molecule is CN1CCN(CCCn2c3ccccc3c3cc4ccccc4nc32)CC1. The Morgan fingerprint density at radius 3 is 2.52 bits per heavy atom. The number of piperazine rings is 1. The molecule has 0 bridgehead atoms. The van der Waals surface area contributed by atoms with Crippen LogP contribution in [0, 0.1) is 0 Å². The highest BCUT2D eigenvalue weighted by molar-refractivity contribution is 6.10. The third-order valence-corrected chi connectivity index (χ3v) is 5.90. The van der Waals surface area contributed by atoms with E-state index in [1.807, 2.05) is 0 Å². The van der Waals surface area contributed by atoms with E-state index in [9.17, 15) is 0 Å². The summed E-state index contributed by atoms with van der Waals surface area (Å²) in [6.45, 7) is 6.92. The zero-order valence-corrected chi connectivity index (χ0v) is 15.9. The number of hydrogen-bond acceptors (Lipinski definition) is 3. The Balaban J connectivity index is 1.49. The van der Waals surface area contributed by atoms with E-state index in [1.54, 1.807) is 0 Å². The number of hydrogen-bond donors (Lipinski definition) is 0. The summed E-state index contributed by atoms with van der Waals surface area (Å²) >= 11 is 0. The summed E-state index contributed by atoms with van der Waals surface area (Å²) < 4.78 is 2.42. The van der Waals surface area contributed by atoms with Crippen LogP contribution in [0.1, 0.15) is 6.42 Å². The lowest BCUT2D eigenvalue weighted by Gasteiger charge is -2.32. The van der Waals surface area contributed by atoms with Crippen LogP contribution < -0.4 is 0 Å². The van der Waals surface area contributed by atoms with Crippen molar-refractivity contribution in [3.05, 3.63) is 54.6 Å². The van der Waals surface area contributed by atoms with E-state index in [0.29, 0.717) is 0 Å². The maximum atomic E-state index is 5.03. The molecule has 1 fully saturated rings. The lowest BCUT2D eigenvalue weighted by Crippen LogP contribution is -2.44. The first kappa shape index (κ1) is 16.7. The van der Waals surface area contributed by atoms with E-state index < -0.39 is 0 Å². The molecule has 1 aliphatic heterocycles. The number of aryl methyl sites for hydroxylation is 1. The summed E-state index contributed by atoms with van der Waals surface area (Å²) in [7, 11) is 2.21. The molecule has 0 amide bonds. The van der Waals surface area contributed by atoms with Gasteiger partial charge in [-0.15, -0.1) is 0 Å². The number of pyridine rings is 1. The Morgan fingerprint density at radius 1 is 0.852 bits per heavy atom. The van der Waals surface area contributed by atoms with Crippen LogP contribution in [0.4, 0.5) is 0 Å². The van der Waals surface area contributed by atoms with E-state index in [4.69, 9.17) is 4.98 Å². The molecule has 4 nitrogen and oxygen atoms in total. The molecule has 27 heavy (non-hydrogen) atoms. The second-order valence-corrected chi connectivity index (χ2v) is 7.72. The highest BCUT2D eigenvalue weighted by atomic mass is 15.2. The first-order valence-electron chi connectivity index (χ1n) is 9.97. The van der Waals surface area contributed by atoms with Crippen molar-refractivity contribution < 1.29 is 0 Å². The number of nitrogens with zero attached hydrogens (tertiary/aromatic N) is 4. The average molecular weight is 358 g/mol. The van der Waals surface area contributed by atoms with Gasteiger partial charge in [0, 0.05) is 48.9 Å². The van der Waals surface area contributed by atoms with Crippen molar-refractivity contribution in [2.24, 2.45) is 0 Å². The van der Waals surface area contributed by atoms with Gasteiger partial charge < -0.3 is 14.4 Å². The van der Waals surface area contributed by atoms with Crippen molar-refractivity contribution >= 4 is 32.8 Å². The molecule has 4 heteroatoms.